The number of nitrogens with zero attached hydrogens (tertiary/aromatic N) is 1. The topological polar surface area (TPSA) is 55.6 Å². The summed E-state index contributed by atoms with van der Waals surface area (Å²) in [5, 5.41) is 0. The second-order valence-corrected chi connectivity index (χ2v) is 4.92. The molecule has 1 amide bonds. The first-order chi connectivity index (χ1) is 8.19. The number of carbonyl (C=O) groups excluding carboxylic acids is 1. The van der Waals surface area contributed by atoms with E-state index in [1.165, 1.54) is 12.8 Å². The van der Waals surface area contributed by atoms with Crippen LogP contribution in [0.2, 0.25) is 0 Å². The van der Waals surface area contributed by atoms with Gasteiger partial charge in [0.1, 0.15) is 0 Å². The quantitative estimate of drug-likeness (QED) is 0.792. The van der Waals surface area contributed by atoms with E-state index in [4.69, 9.17) is 10.5 Å². The molecule has 0 aliphatic carbocycles. The number of methoxy groups -OCH3 is 1. The molecule has 1 aliphatic heterocycles. The van der Waals surface area contributed by atoms with E-state index >= 15 is 0 Å². The minimum Gasteiger partial charge on any atom is -0.385 e. The van der Waals surface area contributed by atoms with Crippen molar-refractivity contribution in [3.05, 3.63) is 0 Å². The van der Waals surface area contributed by atoms with Gasteiger partial charge in [0, 0.05) is 26.8 Å². The standard InChI is InChI=1S/C13H26N2O2/c1-3-11-5-4-8-15(9-6-11)13(16)12(14)7-10-17-2/h11-12H,3-10,14H2,1-2H3. The molecule has 0 spiro atoms. The van der Waals surface area contributed by atoms with Crippen LogP contribution in [0, 0.1) is 5.92 Å². The summed E-state index contributed by atoms with van der Waals surface area (Å²) in [4.78, 5) is 14.0. The third-order valence-corrected chi connectivity index (χ3v) is 3.69. The number of hydrogen-bond donors (Lipinski definition) is 1. The molecular weight excluding hydrogens is 216 g/mol. The van der Waals surface area contributed by atoms with Gasteiger partial charge in [0.25, 0.3) is 0 Å². The van der Waals surface area contributed by atoms with Gasteiger partial charge in [0.2, 0.25) is 5.91 Å². The van der Waals surface area contributed by atoms with Crippen LogP contribution in [0.1, 0.15) is 39.0 Å². The maximum absolute atomic E-state index is 12.1. The van der Waals surface area contributed by atoms with Gasteiger partial charge in [-0.2, -0.15) is 0 Å². The van der Waals surface area contributed by atoms with E-state index in [0.29, 0.717) is 13.0 Å². The van der Waals surface area contributed by atoms with Crippen molar-refractivity contribution in [2.45, 2.75) is 45.1 Å². The lowest BCUT2D eigenvalue weighted by Crippen LogP contribution is -2.44. The van der Waals surface area contributed by atoms with Crippen molar-refractivity contribution in [2.75, 3.05) is 26.8 Å². The Morgan fingerprint density at radius 3 is 2.88 bits per heavy atom. The lowest BCUT2D eigenvalue weighted by Gasteiger charge is -2.24. The Labute approximate surface area is 104 Å². The van der Waals surface area contributed by atoms with Crippen LogP contribution in [0.5, 0.6) is 0 Å². The van der Waals surface area contributed by atoms with Gasteiger partial charge in [-0.15, -0.1) is 0 Å². The number of ether oxygens (including phenoxy) is 1. The summed E-state index contributed by atoms with van der Waals surface area (Å²) < 4.78 is 4.96. The predicted molar refractivity (Wildman–Crippen MR) is 68.7 cm³/mol. The summed E-state index contributed by atoms with van der Waals surface area (Å²) >= 11 is 0. The number of likely N-dealkylation sites (tertiary alicyclic amines) is 1. The van der Waals surface area contributed by atoms with Gasteiger partial charge >= 0.3 is 0 Å². The van der Waals surface area contributed by atoms with E-state index in [9.17, 15) is 4.79 Å². The average molecular weight is 242 g/mol. The molecule has 1 saturated heterocycles. The fraction of sp³-hybridized carbons (Fsp3) is 0.923. The summed E-state index contributed by atoms with van der Waals surface area (Å²) in [6.07, 6.45) is 5.31. The molecule has 1 rings (SSSR count). The highest BCUT2D eigenvalue weighted by Crippen LogP contribution is 2.20. The maximum atomic E-state index is 12.1. The Bertz CT molecular complexity index is 233. The maximum Gasteiger partial charge on any atom is 0.239 e. The van der Waals surface area contributed by atoms with Gasteiger partial charge < -0.3 is 15.4 Å². The second kappa shape index (κ2) is 7.67. The van der Waals surface area contributed by atoms with Crippen LogP contribution in [-0.2, 0) is 9.53 Å². The lowest BCUT2D eigenvalue weighted by molar-refractivity contribution is -0.133. The highest BCUT2D eigenvalue weighted by atomic mass is 16.5. The van der Waals surface area contributed by atoms with Crippen LogP contribution in [0.4, 0.5) is 0 Å². The molecule has 0 bridgehead atoms. The molecule has 0 aromatic rings. The van der Waals surface area contributed by atoms with Crippen molar-refractivity contribution in [3.8, 4) is 0 Å². The zero-order valence-corrected chi connectivity index (χ0v) is 11.2. The van der Waals surface area contributed by atoms with E-state index in [-0.39, 0.29) is 5.91 Å². The van der Waals surface area contributed by atoms with Crippen LogP contribution < -0.4 is 5.73 Å². The van der Waals surface area contributed by atoms with E-state index in [0.717, 1.165) is 31.8 Å². The first kappa shape index (κ1) is 14.5. The average Bonchev–Trinajstić information content (AvgIpc) is 2.60. The Hall–Kier alpha value is -0.610. The Morgan fingerprint density at radius 2 is 2.24 bits per heavy atom. The molecule has 2 atom stereocenters. The van der Waals surface area contributed by atoms with E-state index in [1.807, 2.05) is 4.90 Å². The normalized spacial score (nSPS) is 23.2. The molecule has 2 N–H and O–H groups in total. The van der Waals surface area contributed by atoms with Crippen LogP contribution in [0.25, 0.3) is 0 Å². The predicted octanol–water partition coefficient (Wildman–Crippen LogP) is 1.39. The molecule has 4 heteroatoms. The largest absolute Gasteiger partial charge is 0.385 e. The minimum absolute atomic E-state index is 0.0961. The van der Waals surface area contributed by atoms with Crippen molar-refractivity contribution in [1.82, 2.24) is 4.90 Å². The zero-order valence-electron chi connectivity index (χ0n) is 11.2. The number of rotatable bonds is 5. The fourth-order valence-corrected chi connectivity index (χ4v) is 2.40. The smallest absolute Gasteiger partial charge is 0.239 e. The molecule has 0 radical (unpaired) electrons. The minimum atomic E-state index is -0.395. The van der Waals surface area contributed by atoms with Crippen molar-refractivity contribution in [1.29, 1.82) is 0 Å². The van der Waals surface area contributed by atoms with Crippen LogP contribution in [0.3, 0.4) is 0 Å². The Kier molecular flexibility index (Phi) is 6.52. The van der Waals surface area contributed by atoms with Crippen molar-refractivity contribution in [2.24, 2.45) is 11.7 Å². The molecule has 0 aromatic carbocycles. The summed E-state index contributed by atoms with van der Waals surface area (Å²) in [6, 6.07) is -0.395. The summed E-state index contributed by atoms with van der Waals surface area (Å²) in [5.41, 5.74) is 5.88. The van der Waals surface area contributed by atoms with Crippen molar-refractivity contribution in [3.63, 3.8) is 0 Å². The molecule has 17 heavy (non-hydrogen) atoms. The van der Waals surface area contributed by atoms with Crippen molar-refractivity contribution >= 4 is 5.91 Å². The summed E-state index contributed by atoms with van der Waals surface area (Å²) in [7, 11) is 1.63. The first-order valence-corrected chi connectivity index (χ1v) is 6.72. The SMILES string of the molecule is CCC1CCCN(C(=O)C(N)CCOC)CC1. The molecular formula is C13H26N2O2. The molecule has 1 aliphatic rings. The van der Waals surface area contributed by atoms with Crippen molar-refractivity contribution < 1.29 is 9.53 Å². The third kappa shape index (κ3) is 4.64. The fourth-order valence-electron chi connectivity index (χ4n) is 2.40. The summed E-state index contributed by atoms with van der Waals surface area (Å²) in [6.45, 7) is 4.53. The van der Waals surface area contributed by atoms with Gasteiger partial charge in [-0.05, 0) is 31.6 Å². The Morgan fingerprint density at radius 1 is 1.47 bits per heavy atom. The highest BCUT2D eigenvalue weighted by Gasteiger charge is 2.23. The zero-order chi connectivity index (χ0) is 12.7. The van der Waals surface area contributed by atoms with Crippen LogP contribution >= 0.6 is 0 Å². The van der Waals surface area contributed by atoms with Gasteiger partial charge in [0.15, 0.2) is 0 Å². The molecule has 2 unspecified atom stereocenters. The molecule has 1 heterocycles. The number of carbonyl (C=O) groups is 1. The molecule has 1 fully saturated rings. The van der Waals surface area contributed by atoms with Gasteiger partial charge in [-0.1, -0.05) is 13.3 Å². The van der Waals surface area contributed by atoms with Gasteiger partial charge in [-0.3, -0.25) is 4.79 Å². The van der Waals surface area contributed by atoms with Crippen LogP contribution in [-0.4, -0.2) is 43.7 Å². The second-order valence-electron chi connectivity index (χ2n) is 4.92. The molecule has 0 saturated carbocycles. The Balaban J connectivity index is 2.40. The number of nitrogens with two attached hydrogens (primary N) is 1. The molecule has 0 aromatic heterocycles. The van der Waals surface area contributed by atoms with Crippen LogP contribution in [0.15, 0.2) is 0 Å². The van der Waals surface area contributed by atoms with Gasteiger partial charge in [-0.25, -0.2) is 0 Å². The summed E-state index contributed by atoms with van der Waals surface area (Å²) in [5.74, 6) is 0.877. The van der Waals surface area contributed by atoms with E-state index < -0.39 is 6.04 Å². The number of amides is 1. The third-order valence-electron chi connectivity index (χ3n) is 3.69. The highest BCUT2D eigenvalue weighted by molar-refractivity contribution is 5.81. The molecule has 100 valence electrons. The van der Waals surface area contributed by atoms with E-state index in [2.05, 4.69) is 6.92 Å². The number of hydrogen-bond acceptors (Lipinski definition) is 3. The first-order valence-electron chi connectivity index (χ1n) is 6.72. The van der Waals surface area contributed by atoms with E-state index in [1.54, 1.807) is 7.11 Å². The molecule has 4 nitrogen and oxygen atoms in total. The van der Waals surface area contributed by atoms with Gasteiger partial charge in [0.05, 0.1) is 6.04 Å². The lowest BCUT2D eigenvalue weighted by atomic mass is 9.98. The monoisotopic (exact) mass is 242 g/mol.